The highest BCUT2D eigenvalue weighted by Crippen LogP contribution is 2.26. The third kappa shape index (κ3) is 43.5. The summed E-state index contributed by atoms with van der Waals surface area (Å²) in [6, 6.07) is -1.06. The Balaban J connectivity index is 2.59. The predicted octanol–water partition coefficient (Wildman–Crippen LogP) is 16.0. The standard InChI is InChI=1S/C68H121NO10/c1-4-7-10-13-16-19-22-25-26-27-28-29-30-31-32-33-34-35-36-38-41-44-47-50-53-56-63(73)79-66-65(75)64(74)62(57-70)78-68(66)77-58-59(60(71)54-51-48-45-42-40-37-23-20-17-14-11-8-5-2)69-67(76)61(72)55-52-49-46-43-39-24-21-18-15-12-9-6-3/h9,12,15,18,21,24,39,43,46,49,51,54,59-62,64-66,68,70-72,74-75H,4-8,10-11,13-14,16-17,19-20,22-23,25-38,40-42,44-45,47-48,50,52-53,55-58H2,1-3H3,(H,69,76)/b12-9+,18-15+,24-21-,43-39-,49-46+,54-51+. The minimum Gasteiger partial charge on any atom is -0.454 e. The van der Waals surface area contributed by atoms with E-state index in [-0.39, 0.29) is 19.4 Å². The van der Waals surface area contributed by atoms with Gasteiger partial charge < -0.3 is 45.1 Å². The first kappa shape index (κ1) is 74.1. The molecule has 8 unspecified atom stereocenters. The lowest BCUT2D eigenvalue weighted by Gasteiger charge is -2.41. The Morgan fingerprint density at radius 2 is 0.911 bits per heavy atom. The zero-order chi connectivity index (χ0) is 57.5. The summed E-state index contributed by atoms with van der Waals surface area (Å²) >= 11 is 0. The van der Waals surface area contributed by atoms with Gasteiger partial charge >= 0.3 is 5.97 Å². The highest BCUT2D eigenvalue weighted by Gasteiger charge is 2.47. The maximum absolute atomic E-state index is 13.4. The second kappa shape index (κ2) is 55.6. The summed E-state index contributed by atoms with van der Waals surface area (Å²) in [6.07, 6.45) is 61.2. The van der Waals surface area contributed by atoms with Crippen LogP contribution in [0.3, 0.4) is 0 Å². The number of hydrogen-bond donors (Lipinski definition) is 6. The average molecular weight is 1110 g/mol. The summed E-state index contributed by atoms with van der Waals surface area (Å²) in [5, 5.41) is 56.9. The molecule has 1 fully saturated rings. The van der Waals surface area contributed by atoms with E-state index in [0.717, 1.165) is 51.4 Å². The Bertz CT molecular complexity index is 1560. The predicted molar refractivity (Wildman–Crippen MR) is 329 cm³/mol. The number of ether oxygens (including phenoxy) is 3. The zero-order valence-electron chi connectivity index (χ0n) is 50.7. The largest absolute Gasteiger partial charge is 0.454 e. The fourth-order valence-electron chi connectivity index (χ4n) is 10.1. The van der Waals surface area contributed by atoms with Gasteiger partial charge in [0, 0.05) is 6.42 Å². The number of carbonyl (C=O) groups is 2. The van der Waals surface area contributed by atoms with Crippen LogP contribution in [-0.2, 0) is 23.8 Å². The number of aliphatic hydroxyl groups excluding tert-OH is 5. The molecule has 0 aliphatic carbocycles. The van der Waals surface area contributed by atoms with Crippen LogP contribution in [0, 0.1) is 0 Å². The topological polar surface area (TPSA) is 175 Å². The SMILES string of the molecule is CC/C=C/C=C/C=C\C=C/C=C/CCC(O)C(=O)NC(COC1OC(CO)C(O)C(O)C1OC(=O)CCCCCCCCCCCCCCCCCCCCCCCCCCC)C(O)/C=C/CCCCCCCCCCCCC. The highest BCUT2D eigenvalue weighted by molar-refractivity contribution is 5.80. The van der Waals surface area contributed by atoms with Crippen LogP contribution in [0.15, 0.2) is 72.9 Å². The summed E-state index contributed by atoms with van der Waals surface area (Å²) < 4.78 is 17.6. The molecule has 1 saturated heterocycles. The Morgan fingerprint density at radius 1 is 0.506 bits per heavy atom. The smallest absolute Gasteiger partial charge is 0.306 e. The molecule has 0 spiro atoms. The van der Waals surface area contributed by atoms with Gasteiger partial charge in [-0.2, -0.15) is 0 Å². The number of allylic oxidation sites excluding steroid dienone is 11. The van der Waals surface area contributed by atoms with Crippen molar-refractivity contribution in [2.75, 3.05) is 13.2 Å². The van der Waals surface area contributed by atoms with Crippen molar-refractivity contribution in [1.82, 2.24) is 5.32 Å². The molecule has 1 aliphatic rings. The number of nitrogens with one attached hydrogen (secondary N) is 1. The van der Waals surface area contributed by atoms with Crippen molar-refractivity contribution in [3.63, 3.8) is 0 Å². The van der Waals surface area contributed by atoms with Crippen molar-refractivity contribution in [2.24, 2.45) is 0 Å². The fraction of sp³-hybridized carbons (Fsp3) is 0.794. The zero-order valence-corrected chi connectivity index (χ0v) is 50.7. The van der Waals surface area contributed by atoms with E-state index in [4.69, 9.17) is 14.2 Å². The van der Waals surface area contributed by atoms with Crippen molar-refractivity contribution in [2.45, 2.75) is 333 Å². The highest BCUT2D eigenvalue weighted by atomic mass is 16.7. The van der Waals surface area contributed by atoms with Gasteiger partial charge in [0.05, 0.1) is 25.4 Å². The van der Waals surface area contributed by atoms with E-state index in [9.17, 15) is 35.1 Å². The summed E-state index contributed by atoms with van der Waals surface area (Å²) in [5.74, 6) is -1.27. The number of unbranched alkanes of at least 4 members (excludes halogenated alkanes) is 35. The molecule has 1 amide bonds. The van der Waals surface area contributed by atoms with Crippen LogP contribution in [-0.4, -0.2) is 99.6 Å². The van der Waals surface area contributed by atoms with Gasteiger partial charge in [0.2, 0.25) is 5.91 Å². The lowest BCUT2D eigenvalue weighted by atomic mass is 9.99. The molecule has 11 nitrogen and oxygen atoms in total. The molecule has 0 saturated carbocycles. The minimum absolute atomic E-state index is 0.116. The molecular formula is C68H121NO10. The third-order valence-electron chi connectivity index (χ3n) is 15.3. The molecule has 0 aromatic carbocycles. The summed E-state index contributed by atoms with van der Waals surface area (Å²) in [5.41, 5.74) is 0. The first-order valence-electron chi connectivity index (χ1n) is 32.8. The van der Waals surface area contributed by atoms with Gasteiger partial charge in [0.25, 0.3) is 0 Å². The van der Waals surface area contributed by atoms with E-state index >= 15 is 0 Å². The van der Waals surface area contributed by atoms with Crippen molar-refractivity contribution < 1.29 is 49.3 Å². The molecule has 8 atom stereocenters. The minimum atomic E-state index is -1.63. The van der Waals surface area contributed by atoms with Crippen LogP contribution in [0.25, 0.3) is 0 Å². The maximum Gasteiger partial charge on any atom is 0.306 e. The molecule has 1 heterocycles. The number of rotatable bonds is 55. The molecule has 1 aliphatic heterocycles. The molecule has 0 bridgehead atoms. The summed E-state index contributed by atoms with van der Waals surface area (Å²) in [4.78, 5) is 26.5. The quantitative estimate of drug-likeness (QED) is 0.0149. The normalized spacial score (nSPS) is 19.3. The number of amides is 1. The van der Waals surface area contributed by atoms with Crippen LogP contribution in [0.2, 0.25) is 0 Å². The Labute approximate surface area is 483 Å². The first-order chi connectivity index (χ1) is 38.7. The Hall–Kier alpha value is -2.90. The number of aliphatic hydroxyl groups is 5. The van der Waals surface area contributed by atoms with Gasteiger partial charge in [-0.15, -0.1) is 0 Å². The van der Waals surface area contributed by atoms with Crippen molar-refractivity contribution >= 4 is 11.9 Å². The van der Waals surface area contributed by atoms with E-state index in [2.05, 4.69) is 32.2 Å². The molecular weight excluding hydrogens is 991 g/mol. The molecule has 1 rings (SSSR count). The van der Waals surface area contributed by atoms with E-state index < -0.39 is 67.4 Å². The van der Waals surface area contributed by atoms with Crippen LogP contribution < -0.4 is 5.32 Å². The second-order valence-corrected chi connectivity index (χ2v) is 22.6. The van der Waals surface area contributed by atoms with Crippen molar-refractivity contribution in [3.8, 4) is 0 Å². The van der Waals surface area contributed by atoms with Crippen LogP contribution >= 0.6 is 0 Å². The molecule has 0 aromatic heterocycles. The van der Waals surface area contributed by atoms with Gasteiger partial charge in [0.15, 0.2) is 12.4 Å². The van der Waals surface area contributed by atoms with E-state index in [1.807, 2.05) is 60.8 Å². The molecule has 0 aromatic rings. The Morgan fingerprint density at radius 3 is 1.34 bits per heavy atom. The van der Waals surface area contributed by atoms with Gasteiger partial charge in [-0.25, -0.2) is 0 Å². The summed E-state index contributed by atoms with van der Waals surface area (Å²) in [6.45, 7) is 5.62. The second-order valence-electron chi connectivity index (χ2n) is 22.6. The van der Waals surface area contributed by atoms with Crippen LogP contribution in [0.5, 0.6) is 0 Å². The van der Waals surface area contributed by atoms with Gasteiger partial charge in [0.1, 0.15) is 24.4 Å². The van der Waals surface area contributed by atoms with Crippen molar-refractivity contribution in [1.29, 1.82) is 0 Å². The maximum atomic E-state index is 13.4. The monoisotopic (exact) mass is 1110 g/mol. The molecule has 458 valence electrons. The average Bonchev–Trinajstić information content (AvgIpc) is 3.51. The molecule has 11 heteroatoms. The van der Waals surface area contributed by atoms with Crippen LogP contribution in [0.1, 0.15) is 284 Å². The van der Waals surface area contributed by atoms with Gasteiger partial charge in [-0.1, -0.05) is 312 Å². The molecule has 6 N–H and O–H groups in total. The Kier molecular flexibility index (Phi) is 52.2. The number of carbonyl (C=O) groups excluding carboxylic acids is 2. The van der Waals surface area contributed by atoms with E-state index in [1.165, 1.54) is 186 Å². The van der Waals surface area contributed by atoms with Crippen molar-refractivity contribution in [3.05, 3.63) is 72.9 Å². The lowest BCUT2D eigenvalue weighted by molar-refractivity contribution is -0.305. The van der Waals surface area contributed by atoms with Gasteiger partial charge in [-0.3, -0.25) is 9.59 Å². The summed E-state index contributed by atoms with van der Waals surface area (Å²) in [7, 11) is 0. The van der Waals surface area contributed by atoms with Gasteiger partial charge in [-0.05, 0) is 38.5 Å². The third-order valence-corrected chi connectivity index (χ3v) is 15.3. The molecule has 79 heavy (non-hydrogen) atoms. The van der Waals surface area contributed by atoms with E-state index in [1.54, 1.807) is 6.08 Å². The van der Waals surface area contributed by atoms with Crippen LogP contribution in [0.4, 0.5) is 0 Å². The first-order valence-corrected chi connectivity index (χ1v) is 32.8. The number of esters is 1. The van der Waals surface area contributed by atoms with E-state index in [0.29, 0.717) is 12.8 Å². The molecule has 0 radical (unpaired) electrons. The number of hydrogen-bond acceptors (Lipinski definition) is 10. The fourth-order valence-corrected chi connectivity index (χ4v) is 10.1. The lowest BCUT2D eigenvalue weighted by Crippen LogP contribution is -2.61.